The Hall–Kier alpha value is -8.66. The van der Waals surface area contributed by atoms with Crippen LogP contribution in [0.4, 0.5) is 0 Å². The fourth-order valence-corrected chi connectivity index (χ4v) is 10.0. The van der Waals surface area contributed by atoms with E-state index in [1.165, 1.54) is 65.0 Å². The molecule has 0 atom stereocenters. The van der Waals surface area contributed by atoms with Crippen molar-refractivity contribution in [3.05, 3.63) is 237 Å². The molecule has 0 radical (unpaired) electrons. The summed E-state index contributed by atoms with van der Waals surface area (Å²) in [5.74, 6) is 0.687. The van der Waals surface area contributed by atoms with Gasteiger partial charge in [0, 0.05) is 33.2 Å². The van der Waals surface area contributed by atoms with Gasteiger partial charge >= 0.3 is 0 Å². The molecule has 2 aromatic heterocycles. The summed E-state index contributed by atoms with van der Waals surface area (Å²) in [5.41, 5.74) is 12.7. The molecule has 11 aromatic carbocycles. The van der Waals surface area contributed by atoms with E-state index >= 15 is 0 Å². The van der Waals surface area contributed by atoms with Crippen LogP contribution in [0.25, 0.3) is 127 Å². The third kappa shape index (κ3) is 6.28. The van der Waals surface area contributed by atoms with Crippen LogP contribution in [-0.4, -0.2) is 14.5 Å². The van der Waals surface area contributed by atoms with E-state index < -0.39 is 0 Å². The molecule has 302 valence electrons. The molecular formula is C62H39N3. The Balaban J connectivity index is 1.10. The van der Waals surface area contributed by atoms with E-state index in [1.807, 2.05) is 6.07 Å². The minimum atomic E-state index is 0.687. The second kappa shape index (κ2) is 15.0. The van der Waals surface area contributed by atoms with Crippen molar-refractivity contribution < 1.29 is 0 Å². The fraction of sp³-hybridized carbons (Fsp3) is 0. The molecule has 0 bridgehead atoms. The van der Waals surface area contributed by atoms with Crippen LogP contribution in [0.15, 0.2) is 237 Å². The van der Waals surface area contributed by atoms with E-state index in [4.69, 9.17) is 9.97 Å². The predicted molar refractivity (Wildman–Crippen MR) is 274 cm³/mol. The zero-order valence-electron chi connectivity index (χ0n) is 35.4. The molecule has 0 spiro atoms. The van der Waals surface area contributed by atoms with Gasteiger partial charge in [-0.1, -0.05) is 188 Å². The number of para-hydroxylation sites is 1. The molecule has 3 nitrogen and oxygen atoms in total. The highest BCUT2D eigenvalue weighted by Gasteiger charge is 2.19. The molecule has 2 heterocycles. The number of nitrogens with zero attached hydrogens (tertiary/aromatic N) is 3. The Morgan fingerprint density at radius 3 is 1.48 bits per heavy atom. The second-order valence-electron chi connectivity index (χ2n) is 17.0. The van der Waals surface area contributed by atoms with Gasteiger partial charge in [-0.15, -0.1) is 0 Å². The second-order valence-corrected chi connectivity index (χ2v) is 17.0. The van der Waals surface area contributed by atoms with Crippen molar-refractivity contribution in [3.63, 3.8) is 0 Å². The van der Waals surface area contributed by atoms with Crippen LogP contribution < -0.4 is 0 Å². The number of hydrogen-bond donors (Lipinski definition) is 0. The lowest BCUT2D eigenvalue weighted by Crippen LogP contribution is -1.99. The molecule has 0 N–H and O–H groups in total. The Morgan fingerprint density at radius 2 is 0.754 bits per heavy atom. The monoisotopic (exact) mass is 825 g/mol. The molecule has 0 aliphatic heterocycles. The summed E-state index contributed by atoms with van der Waals surface area (Å²) in [7, 11) is 0. The minimum Gasteiger partial charge on any atom is -0.309 e. The van der Waals surface area contributed by atoms with Crippen molar-refractivity contribution in [2.75, 3.05) is 0 Å². The lowest BCUT2D eigenvalue weighted by molar-refractivity contribution is 1.16. The van der Waals surface area contributed by atoms with Gasteiger partial charge in [-0.25, -0.2) is 9.97 Å². The van der Waals surface area contributed by atoms with E-state index in [0.29, 0.717) is 5.82 Å². The Bertz CT molecular complexity index is 3960. The van der Waals surface area contributed by atoms with Gasteiger partial charge < -0.3 is 4.57 Å². The Labute approximate surface area is 376 Å². The molecule has 13 aromatic rings. The van der Waals surface area contributed by atoms with E-state index in [2.05, 4.69) is 235 Å². The van der Waals surface area contributed by atoms with E-state index in [9.17, 15) is 0 Å². The quantitative estimate of drug-likeness (QED) is 0.156. The first kappa shape index (κ1) is 36.9. The zero-order chi connectivity index (χ0) is 42.8. The molecule has 0 unspecified atom stereocenters. The van der Waals surface area contributed by atoms with Crippen LogP contribution in [0.1, 0.15) is 0 Å². The lowest BCUT2D eigenvalue weighted by Gasteiger charge is -2.16. The predicted octanol–water partition coefficient (Wildman–Crippen LogP) is 16.5. The van der Waals surface area contributed by atoms with Gasteiger partial charge in [-0.2, -0.15) is 0 Å². The van der Waals surface area contributed by atoms with Crippen molar-refractivity contribution in [3.8, 4) is 61.8 Å². The zero-order valence-corrected chi connectivity index (χ0v) is 35.4. The van der Waals surface area contributed by atoms with E-state index in [-0.39, 0.29) is 0 Å². The fourth-order valence-electron chi connectivity index (χ4n) is 10.0. The molecule has 0 saturated heterocycles. The van der Waals surface area contributed by atoms with E-state index in [0.717, 1.165) is 55.9 Å². The summed E-state index contributed by atoms with van der Waals surface area (Å²) in [6, 6.07) is 85.5. The van der Waals surface area contributed by atoms with Crippen molar-refractivity contribution in [1.29, 1.82) is 0 Å². The molecule has 0 fully saturated rings. The first-order valence-corrected chi connectivity index (χ1v) is 22.2. The molecular weight excluding hydrogens is 787 g/mol. The maximum Gasteiger partial charge on any atom is 0.160 e. The summed E-state index contributed by atoms with van der Waals surface area (Å²) in [5, 5.41) is 12.3. The first-order valence-electron chi connectivity index (χ1n) is 22.2. The summed E-state index contributed by atoms with van der Waals surface area (Å²) >= 11 is 0. The van der Waals surface area contributed by atoms with Gasteiger partial charge in [-0.05, 0) is 114 Å². The molecule has 13 rings (SSSR count). The lowest BCUT2D eigenvalue weighted by atomic mass is 9.91. The number of rotatable bonds is 6. The standard InChI is InChI=1S/C62H39N3/c1-3-15-40(16-4-1)45-30-32-56-55-25-13-14-26-60(55)65(61(56)38-45)49-35-47(44-29-31-54-52-23-10-9-21-50(52)51-22-11-12-24-53(51)57(54)37-44)34-48(36-49)59-39-58(63-62(64-59)42-18-5-2-6-19-42)46-28-27-41-17-7-8-20-43(41)33-46/h1-39H. The Kier molecular flexibility index (Phi) is 8.53. The molecule has 0 aliphatic rings. The highest BCUT2D eigenvalue weighted by molar-refractivity contribution is 6.25. The highest BCUT2D eigenvalue weighted by Crippen LogP contribution is 2.41. The van der Waals surface area contributed by atoms with Gasteiger partial charge in [0.25, 0.3) is 0 Å². The highest BCUT2D eigenvalue weighted by atomic mass is 15.0. The van der Waals surface area contributed by atoms with E-state index in [1.54, 1.807) is 0 Å². The maximum atomic E-state index is 5.40. The minimum absolute atomic E-state index is 0.687. The summed E-state index contributed by atoms with van der Waals surface area (Å²) in [6.45, 7) is 0. The van der Waals surface area contributed by atoms with Crippen molar-refractivity contribution in [2.24, 2.45) is 0 Å². The topological polar surface area (TPSA) is 30.7 Å². The van der Waals surface area contributed by atoms with Crippen LogP contribution >= 0.6 is 0 Å². The number of benzene rings is 11. The molecule has 65 heavy (non-hydrogen) atoms. The van der Waals surface area contributed by atoms with Gasteiger partial charge in [0.1, 0.15) is 0 Å². The number of hydrogen-bond acceptors (Lipinski definition) is 2. The average molecular weight is 826 g/mol. The molecule has 0 saturated carbocycles. The van der Waals surface area contributed by atoms with Crippen molar-refractivity contribution in [2.45, 2.75) is 0 Å². The van der Waals surface area contributed by atoms with Gasteiger partial charge in [0.2, 0.25) is 0 Å². The average Bonchev–Trinajstić information content (AvgIpc) is 3.72. The third-order valence-electron chi connectivity index (χ3n) is 13.1. The first-order chi connectivity index (χ1) is 32.2. The third-order valence-corrected chi connectivity index (χ3v) is 13.1. The van der Waals surface area contributed by atoms with Gasteiger partial charge in [0.05, 0.1) is 22.4 Å². The Morgan fingerprint density at radius 1 is 0.246 bits per heavy atom. The summed E-state index contributed by atoms with van der Waals surface area (Å²) < 4.78 is 2.44. The van der Waals surface area contributed by atoms with Gasteiger partial charge in [-0.3, -0.25) is 0 Å². The number of fused-ring (bicyclic) bond motifs is 10. The van der Waals surface area contributed by atoms with Crippen LogP contribution in [0.3, 0.4) is 0 Å². The number of aromatic nitrogens is 3. The summed E-state index contributed by atoms with van der Waals surface area (Å²) in [6.07, 6.45) is 0. The SMILES string of the molecule is c1ccc(-c2ccc3c4ccccc4n(-c4cc(-c5ccc6c7ccccc7c7ccccc7c6c5)cc(-c5cc(-c6ccc7ccccc7c6)nc(-c6ccccc6)n5)c4)c3c2)cc1. The smallest absolute Gasteiger partial charge is 0.160 e. The normalized spacial score (nSPS) is 11.7. The molecule has 3 heteroatoms. The van der Waals surface area contributed by atoms with Crippen molar-refractivity contribution in [1.82, 2.24) is 14.5 Å². The molecule has 0 amide bonds. The van der Waals surface area contributed by atoms with Gasteiger partial charge in [0.15, 0.2) is 5.82 Å². The van der Waals surface area contributed by atoms with Crippen molar-refractivity contribution >= 4 is 64.9 Å². The van der Waals surface area contributed by atoms with Crippen LogP contribution in [0, 0.1) is 0 Å². The van der Waals surface area contributed by atoms with Crippen LogP contribution in [-0.2, 0) is 0 Å². The largest absolute Gasteiger partial charge is 0.309 e. The summed E-state index contributed by atoms with van der Waals surface area (Å²) in [4.78, 5) is 10.7. The molecule has 0 aliphatic carbocycles. The van der Waals surface area contributed by atoms with Crippen LogP contribution in [0.2, 0.25) is 0 Å². The van der Waals surface area contributed by atoms with Crippen LogP contribution in [0.5, 0.6) is 0 Å². The maximum absolute atomic E-state index is 5.40.